The van der Waals surface area contributed by atoms with Crippen molar-refractivity contribution in [2.75, 3.05) is 0 Å². The Labute approximate surface area is 165 Å². The lowest BCUT2D eigenvalue weighted by molar-refractivity contribution is -0.123. The number of nitrogens with zero attached hydrogens (tertiary/aromatic N) is 4. The molecule has 4 rings (SSSR count). The summed E-state index contributed by atoms with van der Waals surface area (Å²) >= 11 is 0. The van der Waals surface area contributed by atoms with Crippen molar-refractivity contribution in [1.29, 1.82) is 0 Å². The van der Waals surface area contributed by atoms with Crippen molar-refractivity contribution in [3.63, 3.8) is 0 Å². The van der Waals surface area contributed by atoms with E-state index in [1.165, 1.54) is 27.7 Å². The van der Waals surface area contributed by atoms with Gasteiger partial charge in [0.1, 0.15) is 24.4 Å². The van der Waals surface area contributed by atoms with Crippen molar-refractivity contribution < 1.29 is 9.18 Å². The van der Waals surface area contributed by atoms with Gasteiger partial charge in [-0.2, -0.15) is 5.10 Å². The summed E-state index contributed by atoms with van der Waals surface area (Å²) in [5.74, 6) is -0.503. The van der Waals surface area contributed by atoms with Crippen molar-refractivity contribution >= 4 is 5.91 Å². The molecule has 3 aromatic rings. The van der Waals surface area contributed by atoms with E-state index >= 15 is 0 Å². The molecular weight excluding hydrogens is 377 g/mol. The largest absolute Gasteiger partial charge is 0.351 e. The van der Waals surface area contributed by atoms with E-state index in [1.807, 2.05) is 12.1 Å². The summed E-state index contributed by atoms with van der Waals surface area (Å²) in [6.45, 7) is 0.617. The van der Waals surface area contributed by atoms with Gasteiger partial charge in [0, 0.05) is 25.4 Å². The Balaban J connectivity index is 1.36. The number of pyridine rings is 1. The molecule has 1 aliphatic rings. The van der Waals surface area contributed by atoms with E-state index in [4.69, 9.17) is 0 Å². The van der Waals surface area contributed by atoms with E-state index in [2.05, 4.69) is 26.3 Å². The zero-order chi connectivity index (χ0) is 20.2. The lowest BCUT2D eigenvalue weighted by Crippen LogP contribution is -2.43. The quantitative estimate of drug-likeness (QED) is 0.553. The molecule has 0 aliphatic carbocycles. The maximum Gasteiger partial charge on any atom is 0.347 e. The molecule has 29 heavy (non-hydrogen) atoms. The maximum absolute atomic E-state index is 13.0. The number of hydrogen-bond acceptors (Lipinski definition) is 6. The fourth-order valence-corrected chi connectivity index (χ4v) is 3.14. The topological polar surface area (TPSA) is 106 Å². The van der Waals surface area contributed by atoms with Gasteiger partial charge in [-0.1, -0.05) is 18.2 Å². The van der Waals surface area contributed by atoms with Gasteiger partial charge >= 0.3 is 5.69 Å². The SMILES string of the molecule is O=C(NCc1cccnc1)C1CC(n2cnn(Cc3ccc(F)cc3)c2=O)NN1. The van der Waals surface area contributed by atoms with Gasteiger partial charge in [0.2, 0.25) is 5.91 Å². The molecule has 0 saturated carbocycles. The van der Waals surface area contributed by atoms with Gasteiger partial charge < -0.3 is 5.32 Å². The second-order valence-corrected chi connectivity index (χ2v) is 6.78. The summed E-state index contributed by atoms with van der Waals surface area (Å²) in [6.07, 6.45) is 4.78. The van der Waals surface area contributed by atoms with E-state index in [-0.39, 0.29) is 24.0 Å². The van der Waals surface area contributed by atoms with Crippen molar-refractivity contribution in [3.8, 4) is 0 Å². The Hall–Kier alpha value is -3.37. The predicted molar refractivity (Wildman–Crippen MR) is 102 cm³/mol. The molecule has 0 radical (unpaired) electrons. The Morgan fingerprint density at radius 1 is 1.21 bits per heavy atom. The van der Waals surface area contributed by atoms with Crippen LogP contribution in [0.25, 0.3) is 0 Å². The summed E-state index contributed by atoms with van der Waals surface area (Å²) in [6, 6.07) is 9.11. The molecule has 9 nitrogen and oxygen atoms in total. The van der Waals surface area contributed by atoms with Crippen LogP contribution in [-0.2, 0) is 17.9 Å². The first kappa shape index (κ1) is 19.0. The molecule has 150 valence electrons. The number of aromatic nitrogens is 4. The van der Waals surface area contributed by atoms with Crippen LogP contribution in [0, 0.1) is 5.82 Å². The van der Waals surface area contributed by atoms with Crippen LogP contribution in [0.15, 0.2) is 59.9 Å². The Bertz CT molecular complexity index is 1030. The Morgan fingerprint density at radius 3 is 2.79 bits per heavy atom. The third-order valence-corrected chi connectivity index (χ3v) is 4.73. The lowest BCUT2D eigenvalue weighted by Gasteiger charge is -2.10. The second-order valence-electron chi connectivity index (χ2n) is 6.78. The standard InChI is InChI=1S/C19H20FN7O2/c20-15-5-3-13(4-6-15)11-27-19(29)26(12-23-27)17-8-16(24-25-17)18(28)22-10-14-2-1-7-21-9-14/h1-7,9,12,16-17,24-25H,8,10-11H2,(H,22,28). The molecule has 2 atom stereocenters. The fourth-order valence-electron chi connectivity index (χ4n) is 3.14. The molecular formula is C19H20FN7O2. The monoisotopic (exact) mass is 397 g/mol. The van der Waals surface area contributed by atoms with Gasteiger partial charge in [-0.25, -0.2) is 24.7 Å². The molecule has 1 aromatic carbocycles. The molecule has 1 aliphatic heterocycles. The number of rotatable bonds is 6. The van der Waals surface area contributed by atoms with E-state index in [0.29, 0.717) is 13.0 Å². The molecule has 1 amide bonds. The number of nitrogens with one attached hydrogen (secondary N) is 3. The minimum absolute atomic E-state index is 0.171. The molecule has 0 bridgehead atoms. The van der Waals surface area contributed by atoms with Gasteiger partial charge in [0.05, 0.1) is 6.54 Å². The Morgan fingerprint density at radius 2 is 2.03 bits per heavy atom. The van der Waals surface area contributed by atoms with E-state index < -0.39 is 12.2 Å². The molecule has 3 N–H and O–H groups in total. The van der Waals surface area contributed by atoms with Crippen LogP contribution in [0.1, 0.15) is 23.7 Å². The number of amides is 1. The highest BCUT2D eigenvalue weighted by Crippen LogP contribution is 2.14. The van der Waals surface area contributed by atoms with Crippen molar-refractivity contribution in [1.82, 2.24) is 35.5 Å². The molecule has 2 aromatic heterocycles. The summed E-state index contributed by atoms with van der Waals surface area (Å²) < 4.78 is 15.8. The smallest absolute Gasteiger partial charge is 0.347 e. The summed E-state index contributed by atoms with van der Waals surface area (Å²) in [5, 5.41) is 6.97. The summed E-state index contributed by atoms with van der Waals surface area (Å²) in [5.41, 5.74) is 7.24. The van der Waals surface area contributed by atoms with Crippen LogP contribution >= 0.6 is 0 Å². The Kier molecular flexibility index (Phi) is 5.45. The summed E-state index contributed by atoms with van der Waals surface area (Å²) in [7, 11) is 0. The molecule has 2 unspecified atom stereocenters. The minimum atomic E-state index is -0.482. The lowest BCUT2D eigenvalue weighted by atomic mass is 10.2. The van der Waals surface area contributed by atoms with Gasteiger partial charge in [-0.15, -0.1) is 0 Å². The number of carbonyl (C=O) groups is 1. The normalized spacial score (nSPS) is 18.7. The molecule has 10 heteroatoms. The molecule has 1 fully saturated rings. The average Bonchev–Trinajstić information content (AvgIpc) is 3.36. The summed E-state index contributed by atoms with van der Waals surface area (Å²) in [4.78, 5) is 29.0. The second kappa shape index (κ2) is 8.33. The van der Waals surface area contributed by atoms with E-state index in [9.17, 15) is 14.0 Å². The van der Waals surface area contributed by atoms with Gasteiger partial charge in [-0.3, -0.25) is 14.3 Å². The highest BCUT2D eigenvalue weighted by atomic mass is 19.1. The van der Waals surface area contributed by atoms with Gasteiger partial charge in [-0.05, 0) is 29.3 Å². The maximum atomic E-state index is 13.0. The zero-order valence-electron chi connectivity index (χ0n) is 15.5. The van der Waals surface area contributed by atoms with Crippen LogP contribution in [0.4, 0.5) is 4.39 Å². The third-order valence-electron chi connectivity index (χ3n) is 4.73. The van der Waals surface area contributed by atoms with Crippen LogP contribution in [-0.4, -0.2) is 31.3 Å². The van der Waals surface area contributed by atoms with Gasteiger partial charge in [0.25, 0.3) is 0 Å². The van der Waals surface area contributed by atoms with Crippen LogP contribution in [0.5, 0.6) is 0 Å². The van der Waals surface area contributed by atoms with Crippen LogP contribution in [0.3, 0.4) is 0 Å². The van der Waals surface area contributed by atoms with E-state index in [1.54, 1.807) is 24.5 Å². The molecule has 3 heterocycles. The highest BCUT2D eigenvalue weighted by Gasteiger charge is 2.31. The van der Waals surface area contributed by atoms with Crippen molar-refractivity contribution in [2.45, 2.75) is 31.7 Å². The first-order valence-corrected chi connectivity index (χ1v) is 9.16. The van der Waals surface area contributed by atoms with Crippen LogP contribution < -0.4 is 21.9 Å². The predicted octanol–water partition coefficient (Wildman–Crippen LogP) is 0.309. The first-order chi connectivity index (χ1) is 14.1. The third kappa shape index (κ3) is 4.39. The number of hydrogen-bond donors (Lipinski definition) is 3. The van der Waals surface area contributed by atoms with Crippen molar-refractivity contribution in [3.05, 3.63) is 82.5 Å². The highest BCUT2D eigenvalue weighted by molar-refractivity contribution is 5.81. The van der Waals surface area contributed by atoms with Gasteiger partial charge in [0.15, 0.2) is 0 Å². The number of hydrazine groups is 1. The molecule has 0 spiro atoms. The number of carbonyl (C=O) groups excluding carboxylic acids is 1. The van der Waals surface area contributed by atoms with Crippen LogP contribution in [0.2, 0.25) is 0 Å². The first-order valence-electron chi connectivity index (χ1n) is 9.16. The van der Waals surface area contributed by atoms with Crippen molar-refractivity contribution in [2.24, 2.45) is 0 Å². The molecule has 1 saturated heterocycles. The number of halogens is 1. The number of benzene rings is 1. The minimum Gasteiger partial charge on any atom is -0.351 e. The fraction of sp³-hybridized carbons (Fsp3) is 0.263. The van der Waals surface area contributed by atoms with E-state index in [0.717, 1.165) is 11.1 Å². The zero-order valence-corrected chi connectivity index (χ0v) is 15.5. The average molecular weight is 397 g/mol.